The number of nitrogens with one attached hydrogen (secondary N) is 1. The number of carbonyl (C=O) groups excluding carboxylic acids is 2. The number of hydrogen-bond acceptors (Lipinski definition) is 4. The Morgan fingerprint density at radius 3 is 2.14 bits per heavy atom. The highest BCUT2D eigenvalue weighted by Gasteiger charge is 2.36. The molecule has 0 saturated heterocycles. The van der Waals surface area contributed by atoms with Crippen molar-refractivity contribution in [1.29, 1.82) is 0 Å². The zero-order valence-electron chi connectivity index (χ0n) is 24.0. The minimum atomic E-state index is -4.73. The van der Waals surface area contributed by atoms with E-state index in [9.17, 15) is 31.2 Å². The van der Waals surface area contributed by atoms with Crippen molar-refractivity contribution >= 4 is 27.5 Å². The molecule has 4 rings (SSSR count). The minimum Gasteiger partial charge on any atom is -0.352 e. The summed E-state index contributed by atoms with van der Waals surface area (Å²) in [5, 5.41) is 3.07. The summed E-state index contributed by atoms with van der Waals surface area (Å²) in [6.07, 6.45) is 0.303. The smallest absolute Gasteiger partial charge is 0.352 e. The van der Waals surface area contributed by atoms with Gasteiger partial charge in [0, 0.05) is 12.6 Å². The number of amides is 2. The van der Waals surface area contributed by atoms with Gasteiger partial charge in [-0.3, -0.25) is 13.9 Å². The van der Waals surface area contributed by atoms with E-state index in [-0.39, 0.29) is 35.5 Å². The predicted octanol–water partition coefficient (Wildman–Crippen LogP) is 6.16. The van der Waals surface area contributed by atoms with E-state index in [1.54, 1.807) is 37.3 Å². The number of carbonyl (C=O) groups is 2. The van der Waals surface area contributed by atoms with E-state index in [0.29, 0.717) is 10.4 Å². The first kappa shape index (κ1) is 32.1. The molecule has 2 amide bonds. The molecule has 1 saturated carbocycles. The Labute approximate surface area is 250 Å². The van der Waals surface area contributed by atoms with Crippen LogP contribution >= 0.6 is 0 Å². The van der Waals surface area contributed by atoms with Crippen molar-refractivity contribution in [1.82, 2.24) is 10.2 Å². The molecule has 1 fully saturated rings. The summed E-state index contributed by atoms with van der Waals surface area (Å²) in [4.78, 5) is 28.8. The third-order valence-corrected chi connectivity index (χ3v) is 9.39. The van der Waals surface area contributed by atoms with Gasteiger partial charge in [-0.05, 0) is 55.2 Å². The van der Waals surface area contributed by atoms with Crippen LogP contribution < -0.4 is 9.62 Å². The molecule has 0 bridgehead atoms. The SMILES string of the molecule is CCC(C(=O)NC1CCCCC1)N(Cc1ccccc1)C(=O)CN(c1cccc(C(F)(F)F)c1)S(=O)(=O)c1ccccc1. The summed E-state index contributed by atoms with van der Waals surface area (Å²) in [5.74, 6) is -1.05. The number of nitrogens with zero attached hydrogens (tertiary/aromatic N) is 2. The number of anilines is 1. The quantitative estimate of drug-likeness (QED) is 0.280. The van der Waals surface area contributed by atoms with Gasteiger partial charge in [-0.25, -0.2) is 8.42 Å². The van der Waals surface area contributed by atoms with E-state index in [2.05, 4.69) is 5.32 Å². The van der Waals surface area contributed by atoms with E-state index in [4.69, 9.17) is 0 Å². The van der Waals surface area contributed by atoms with Gasteiger partial charge in [-0.1, -0.05) is 80.8 Å². The van der Waals surface area contributed by atoms with Crippen molar-refractivity contribution in [3.63, 3.8) is 0 Å². The van der Waals surface area contributed by atoms with Crippen molar-refractivity contribution in [2.75, 3.05) is 10.8 Å². The fourth-order valence-corrected chi connectivity index (χ4v) is 6.76. The van der Waals surface area contributed by atoms with Gasteiger partial charge in [0.25, 0.3) is 10.0 Å². The van der Waals surface area contributed by atoms with Crippen molar-refractivity contribution < 1.29 is 31.2 Å². The van der Waals surface area contributed by atoms with Gasteiger partial charge in [-0.2, -0.15) is 13.2 Å². The van der Waals surface area contributed by atoms with Gasteiger partial charge in [-0.15, -0.1) is 0 Å². The van der Waals surface area contributed by atoms with Gasteiger partial charge in [0.05, 0.1) is 16.1 Å². The van der Waals surface area contributed by atoms with Crippen LogP contribution in [0.1, 0.15) is 56.6 Å². The highest BCUT2D eigenvalue weighted by molar-refractivity contribution is 7.92. The summed E-state index contributed by atoms with van der Waals surface area (Å²) in [7, 11) is -4.48. The Hall–Kier alpha value is -3.86. The van der Waals surface area contributed by atoms with Crippen LogP contribution in [0.25, 0.3) is 0 Å². The molecule has 0 spiro atoms. The Balaban J connectivity index is 1.73. The van der Waals surface area contributed by atoms with E-state index in [1.165, 1.54) is 35.2 Å². The molecular weight excluding hydrogens is 579 g/mol. The number of halogens is 3. The summed E-state index contributed by atoms with van der Waals surface area (Å²) in [5.41, 5.74) is -0.646. The average molecular weight is 616 g/mol. The second-order valence-corrected chi connectivity index (χ2v) is 12.5. The van der Waals surface area contributed by atoms with Crippen LogP contribution in [-0.4, -0.2) is 43.8 Å². The second-order valence-electron chi connectivity index (χ2n) is 10.6. The summed E-state index contributed by atoms with van der Waals surface area (Å²) >= 11 is 0. The lowest BCUT2D eigenvalue weighted by Gasteiger charge is -2.34. The first-order valence-corrected chi connectivity index (χ1v) is 15.8. The fourth-order valence-electron chi connectivity index (χ4n) is 5.33. The molecule has 1 N–H and O–H groups in total. The van der Waals surface area contributed by atoms with Crippen LogP contribution in [0.3, 0.4) is 0 Å². The molecule has 0 aromatic heterocycles. The average Bonchev–Trinajstić information content (AvgIpc) is 3.00. The van der Waals surface area contributed by atoms with Gasteiger partial charge in [0.2, 0.25) is 11.8 Å². The highest BCUT2D eigenvalue weighted by Crippen LogP contribution is 2.33. The van der Waals surface area contributed by atoms with Crippen molar-refractivity contribution in [2.24, 2.45) is 0 Å². The van der Waals surface area contributed by atoms with Crippen LogP contribution in [0.5, 0.6) is 0 Å². The summed E-state index contributed by atoms with van der Waals surface area (Å²) < 4.78 is 69.3. The van der Waals surface area contributed by atoms with Gasteiger partial charge in [0.1, 0.15) is 12.6 Å². The van der Waals surface area contributed by atoms with Crippen molar-refractivity contribution in [3.05, 3.63) is 96.1 Å². The maximum absolute atomic E-state index is 14.1. The van der Waals surface area contributed by atoms with Crippen molar-refractivity contribution in [3.8, 4) is 0 Å². The maximum atomic E-state index is 14.1. The third-order valence-electron chi connectivity index (χ3n) is 7.60. The second kappa shape index (κ2) is 14.1. The zero-order chi connectivity index (χ0) is 31.0. The molecule has 1 unspecified atom stereocenters. The molecule has 11 heteroatoms. The molecule has 3 aromatic carbocycles. The fraction of sp³-hybridized carbons (Fsp3) is 0.375. The Kier molecular flexibility index (Phi) is 10.5. The lowest BCUT2D eigenvalue weighted by atomic mass is 9.95. The number of rotatable bonds is 11. The van der Waals surface area contributed by atoms with Crippen LogP contribution in [-0.2, 0) is 32.3 Å². The summed E-state index contributed by atoms with van der Waals surface area (Å²) in [6.45, 7) is 0.971. The number of sulfonamides is 1. The molecule has 1 aliphatic rings. The van der Waals surface area contributed by atoms with Crippen LogP contribution in [0, 0.1) is 0 Å². The zero-order valence-corrected chi connectivity index (χ0v) is 24.8. The number of benzene rings is 3. The monoisotopic (exact) mass is 615 g/mol. The van der Waals surface area contributed by atoms with Gasteiger partial charge >= 0.3 is 6.18 Å². The molecule has 0 heterocycles. The van der Waals surface area contributed by atoms with Crippen molar-refractivity contribution in [2.45, 2.75) is 75.1 Å². The van der Waals surface area contributed by atoms with E-state index in [0.717, 1.165) is 49.8 Å². The molecule has 7 nitrogen and oxygen atoms in total. The molecule has 1 aliphatic carbocycles. The standard InChI is InChI=1S/C32H36F3N3O4S/c1-2-29(31(40)36-26-16-8-4-9-17-26)37(22-24-13-6-3-7-14-24)30(39)23-38(43(41,42)28-19-10-5-11-20-28)27-18-12-15-25(21-27)32(33,34)35/h3,5-7,10-15,18-21,26,29H,2,4,8-9,16-17,22-23H2,1H3,(H,36,40). The number of alkyl halides is 3. The summed E-state index contributed by atoms with van der Waals surface area (Å²) in [6, 6.07) is 19.1. The molecule has 3 aromatic rings. The lowest BCUT2D eigenvalue weighted by Crippen LogP contribution is -2.54. The van der Waals surface area contributed by atoms with Gasteiger partial charge in [0.15, 0.2) is 0 Å². The Morgan fingerprint density at radius 1 is 0.907 bits per heavy atom. The molecule has 43 heavy (non-hydrogen) atoms. The van der Waals surface area contributed by atoms with Gasteiger partial charge < -0.3 is 10.2 Å². The third kappa shape index (κ3) is 8.16. The molecular formula is C32H36F3N3O4S. The molecule has 230 valence electrons. The first-order chi connectivity index (χ1) is 20.5. The Bertz CT molecular complexity index is 1480. The van der Waals surface area contributed by atoms with Crippen LogP contribution in [0.15, 0.2) is 89.8 Å². The normalized spacial score (nSPS) is 15.0. The highest BCUT2D eigenvalue weighted by atomic mass is 32.2. The van der Waals surface area contributed by atoms with E-state index >= 15 is 0 Å². The molecule has 0 radical (unpaired) electrons. The minimum absolute atomic E-state index is 0.0101. The van der Waals surface area contributed by atoms with E-state index in [1.807, 2.05) is 6.07 Å². The van der Waals surface area contributed by atoms with E-state index < -0.39 is 40.3 Å². The Morgan fingerprint density at radius 2 is 1.53 bits per heavy atom. The predicted molar refractivity (Wildman–Crippen MR) is 159 cm³/mol. The largest absolute Gasteiger partial charge is 0.416 e. The van der Waals surface area contributed by atoms with Crippen LogP contribution in [0.2, 0.25) is 0 Å². The first-order valence-electron chi connectivity index (χ1n) is 14.4. The number of hydrogen-bond donors (Lipinski definition) is 1. The lowest BCUT2D eigenvalue weighted by molar-refractivity contribution is -0.140. The maximum Gasteiger partial charge on any atom is 0.416 e. The molecule has 1 atom stereocenters. The van der Waals surface area contributed by atoms with Crippen LogP contribution in [0.4, 0.5) is 18.9 Å². The molecule has 0 aliphatic heterocycles. The topological polar surface area (TPSA) is 86.8 Å².